The fourth-order valence-corrected chi connectivity index (χ4v) is 2.47. The van der Waals surface area contributed by atoms with Crippen molar-refractivity contribution < 1.29 is 14.1 Å². The highest BCUT2D eigenvalue weighted by molar-refractivity contribution is 5.91. The second-order valence-electron chi connectivity index (χ2n) is 5.39. The number of hydrogen-bond donors (Lipinski definition) is 1. The van der Waals surface area contributed by atoms with Gasteiger partial charge >= 0.3 is 0 Å². The summed E-state index contributed by atoms with van der Waals surface area (Å²) in [5.74, 6) is 1.37. The maximum Gasteiger partial charge on any atom is 0.232 e. The molecule has 1 N–H and O–H groups in total. The summed E-state index contributed by atoms with van der Waals surface area (Å²) in [6.45, 7) is 4.07. The Morgan fingerprint density at radius 3 is 3.00 bits per heavy atom. The summed E-state index contributed by atoms with van der Waals surface area (Å²) in [7, 11) is 1.62. The van der Waals surface area contributed by atoms with Crippen LogP contribution in [0.25, 0.3) is 11.3 Å². The van der Waals surface area contributed by atoms with E-state index in [9.17, 15) is 4.79 Å². The predicted molar refractivity (Wildman–Crippen MR) is 82.6 cm³/mol. The molecule has 0 spiro atoms. The lowest BCUT2D eigenvalue weighted by molar-refractivity contribution is -0.123. The molecule has 5 nitrogen and oxygen atoms in total. The number of hydrogen-bond acceptors (Lipinski definition) is 4. The Bertz CT molecular complexity index is 701. The van der Waals surface area contributed by atoms with Gasteiger partial charge in [-0.05, 0) is 25.0 Å². The molecule has 1 aliphatic carbocycles. The van der Waals surface area contributed by atoms with Crippen molar-refractivity contribution in [1.82, 2.24) is 10.5 Å². The molecule has 0 bridgehead atoms. The normalized spacial score (nSPS) is 15.1. The molecule has 1 aromatic heterocycles. The molecule has 3 rings (SSSR count). The number of ether oxygens (including phenoxy) is 1. The lowest BCUT2D eigenvalue weighted by Gasteiger charge is -2.10. The Kier molecular flexibility index (Phi) is 3.71. The van der Waals surface area contributed by atoms with E-state index in [0.29, 0.717) is 18.0 Å². The van der Waals surface area contributed by atoms with E-state index >= 15 is 0 Å². The third kappa shape index (κ3) is 2.50. The van der Waals surface area contributed by atoms with Gasteiger partial charge < -0.3 is 14.6 Å². The number of nitrogens with one attached hydrogen (secondary N) is 1. The van der Waals surface area contributed by atoms with Gasteiger partial charge in [0.1, 0.15) is 5.75 Å². The summed E-state index contributed by atoms with van der Waals surface area (Å²) < 4.78 is 10.6. The van der Waals surface area contributed by atoms with Crippen LogP contribution >= 0.6 is 0 Å². The highest BCUT2D eigenvalue weighted by Gasteiger charge is 2.53. The number of amides is 1. The Morgan fingerprint density at radius 1 is 1.50 bits per heavy atom. The van der Waals surface area contributed by atoms with Gasteiger partial charge in [0, 0.05) is 18.2 Å². The van der Waals surface area contributed by atoms with Crippen LogP contribution < -0.4 is 10.1 Å². The van der Waals surface area contributed by atoms with E-state index in [1.54, 1.807) is 13.2 Å². The molecule has 5 heteroatoms. The molecule has 0 aliphatic heterocycles. The van der Waals surface area contributed by atoms with E-state index in [1.807, 2.05) is 30.3 Å². The van der Waals surface area contributed by atoms with Gasteiger partial charge in [0.25, 0.3) is 0 Å². The van der Waals surface area contributed by atoms with Crippen LogP contribution in [0, 0.1) is 0 Å². The molecule has 0 unspecified atom stereocenters. The number of benzene rings is 1. The second kappa shape index (κ2) is 5.67. The summed E-state index contributed by atoms with van der Waals surface area (Å²) in [6.07, 6.45) is 3.25. The monoisotopic (exact) mass is 298 g/mol. The van der Waals surface area contributed by atoms with Crippen molar-refractivity contribution in [3.63, 3.8) is 0 Å². The van der Waals surface area contributed by atoms with Crippen molar-refractivity contribution >= 4 is 5.91 Å². The summed E-state index contributed by atoms with van der Waals surface area (Å²) in [6, 6.07) is 9.40. The van der Waals surface area contributed by atoms with Crippen LogP contribution in [0.2, 0.25) is 0 Å². The van der Waals surface area contributed by atoms with Crippen LogP contribution in [0.3, 0.4) is 0 Å². The molecule has 22 heavy (non-hydrogen) atoms. The SMILES string of the molecule is C=CCNC(=O)C1(c2cc(-c3cccc(OC)c3)on2)CC1. The van der Waals surface area contributed by atoms with Gasteiger partial charge in [-0.3, -0.25) is 4.79 Å². The second-order valence-corrected chi connectivity index (χ2v) is 5.39. The first-order valence-electron chi connectivity index (χ1n) is 7.20. The quantitative estimate of drug-likeness (QED) is 0.833. The average Bonchev–Trinajstić information content (AvgIpc) is 3.22. The van der Waals surface area contributed by atoms with E-state index in [0.717, 1.165) is 24.2 Å². The zero-order chi connectivity index (χ0) is 15.6. The van der Waals surface area contributed by atoms with Crippen LogP contribution in [0.15, 0.2) is 47.5 Å². The molecule has 0 saturated heterocycles. The zero-order valence-electron chi connectivity index (χ0n) is 12.5. The van der Waals surface area contributed by atoms with Crippen LogP contribution in [0.1, 0.15) is 18.5 Å². The van der Waals surface area contributed by atoms with Crippen molar-refractivity contribution in [2.24, 2.45) is 0 Å². The van der Waals surface area contributed by atoms with Crippen molar-refractivity contribution in [2.75, 3.05) is 13.7 Å². The van der Waals surface area contributed by atoms with Crippen molar-refractivity contribution in [1.29, 1.82) is 0 Å². The van der Waals surface area contributed by atoms with Crippen LogP contribution in [0.4, 0.5) is 0 Å². The number of methoxy groups -OCH3 is 1. The molecular weight excluding hydrogens is 280 g/mol. The van der Waals surface area contributed by atoms with E-state index in [1.165, 1.54) is 0 Å². The van der Waals surface area contributed by atoms with Gasteiger partial charge in [0.05, 0.1) is 18.2 Å². The number of rotatable bonds is 6. The van der Waals surface area contributed by atoms with Crippen molar-refractivity contribution in [3.8, 4) is 17.1 Å². The van der Waals surface area contributed by atoms with Gasteiger partial charge in [-0.2, -0.15) is 0 Å². The van der Waals surface area contributed by atoms with Crippen LogP contribution in [-0.4, -0.2) is 24.7 Å². The topological polar surface area (TPSA) is 64.4 Å². The summed E-state index contributed by atoms with van der Waals surface area (Å²) in [5, 5.41) is 6.95. The lowest BCUT2D eigenvalue weighted by Crippen LogP contribution is -2.34. The van der Waals surface area contributed by atoms with E-state index in [4.69, 9.17) is 9.26 Å². The predicted octanol–water partition coefficient (Wildman–Crippen LogP) is 2.68. The standard InChI is InChI=1S/C17H18N2O3/c1-3-9-18-16(20)17(7-8-17)15-11-14(22-19-15)12-5-4-6-13(10-12)21-2/h3-6,10-11H,1,7-9H2,2H3,(H,18,20). The van der Waals surface area contributed by atoms with E-state index < -0.39 is 5.41 Å². The highest BCUT2D eigenvalue weighted by Crippen LogP contribution is 2.48. The van der Waals surface area contributed by atoms with Gasteiger partial charge in [-0.1, -0.05) is 23.4 Å². The molecule has 114 valence electrons. The fourth-order valence-electron chi connectivity index (χ4n) is 2.47. The summed E-state index contributed by atoms with van der Waals surface area (Å²) in [5.41, 5.74) is 1.02. The molecule has 1 aromatic carbocycles. The largest absolute Gasteiger partial charge is 0.497 e. The first-order valence-corrected chi connectivity index (χ1v) is 7.20. The van der Waals surface area contributed by atoms with Gasteiger partial charge in [0.2, 0.25) is 5.91 Å². The molecule has 0 radical (unpaired) electrons. The average molecular weight is 298 g/mol. The Balaban J connectivity index is 1.84. The van der Waals surface area contributed by atoms with Crippen molar-refractivity contribution in [3.05, 3.63) is 48.7 Å². The third-order valence-corrected chi connectivity index (χ3v) is 3.95. The minimum absolute atomic E-state index is 0.0158. The number of carbonyl (C=O) groups is 1. The molecule has 2 aromatic rings. The van der Waals surface area contributed by atoms with E-state index in [-0.39, 0.29) is 5.91 Å². The first kappa shape index (κ1) is 14.4. The van der Waals surface area contributed by atoms with Gasteiger partial charge in [0.15, 0.2) is 5.76 Å². The number of carbonyl (C=O) groups excluding carboxylic acids is 1. The van der Waals surface area contributed by atoms with Crippen LogP contribution in [-0.2, 0) is 10.2 Å². The number of aromatic nitrogens is 1. The molecule has 1 aliphatic rings. The highest BCUT2D eigenvalue weighted by atomic mass is 16.5. The molecular formula is C17H18N2O3. The maximum absolute atomic E-state index is 12.3. The summed E-state index contributed by atoms with van der Waals surface area (Å²) >= 11 is 0. The Morgan fingerprint density at radius 2 is 2.32 bits per heavy atom. The van der Waals surface area contributed by atoms with Gasteiger partial charge in [-0.25, -0.2) is 0 Å². The molecule has 0 atom stereocenters. The van der Waals surface area contributed by atoms with Gasteiger partial charge in [-0.15, -0.1) is 6.58 Å². The molecule has 1 heterocycles. The summed E-state index contributed by atoms with van der Waals surface area (Å²) in [4.78, 5) is 12.3. The van der Waals surface area contributed by atoms with Crippen molar-refractivity contribution in [2.45, 2.75) is 18.3 Å². The molecule has 1 saturated carbocycles. The minimum atomic E-state index is -0.538. The lowest BCUT2D eigenvalue weighted by atomic mass is 10.0. The first-order chi connectivity index (χ1) is 10.7. The molecule has 1 fully saturated rings. The number of nitrogens with zero attached hydrogens (tertiary/aromatic N) is 1. The molecule has 1 amide bonds. The van der Waals surface area contributed by atoms with E-state index in [2.05, 4.69) is 17.1 Å². The Hall–Kier alpha value is -2.56. The zero-order valence-corrected chi connectivity index (χ0v) is 12.5. The smallest absolute Gasteiger partial charge is 0.232 e. The Labute approximate surface area is 129 Å². The fraction of sp³-hybridized carbons (Fsp3) is 0.294. The maximum atomic E-state index is 12.3. The minimum Gasteiger partial charge on any atom is -0.497 e. The third-order valence-electron chi connectivity index (χ3n) is 3.95. The van der Waals surface area contributed by atoms with Crippen LogP contribution in [0.5, 0.6) is 5.75 Å².